The van der Waals surface area contributed by atoms with Gasteiger partial charge in [0.1, 0.15) is 0 Å². The van der Waals surface area contributed by atoms with Gasteiger partial charge in [-0.3, -0.25) is 4.90 Å². The van der Waals surface area contributed by atoms with Crippen molar-refractivity contribution in [2.45, 2.75) is 58.5 Å². The summed E-state index contributed by atoms with van der Waals surface area (Å²) in [6, 6.07) is 10.4. The Hall–Kier alpha value is -0.860. The van der Waals surface area contributed by atoms with Gasteiger partial charge in [-0.25, -0.2) is 0 Å². The summed E-state index contributed by atoms with van der Waals surface area (Å²) in [5.41, 5.74) is 2.89. The minimum atomic E-state index is 0.519. The predicted octanol–water partition coefficient (Wildman–Crippen LogP) is 3.77. The Kier molecular flexibility index (Phi) is 6.06. The van der Waals surface area contributed by atoms with Crippen LogP contribution in [0.2, 0.25) is 0 Å². The van der Waals surface area contributed by atoms with Crippen molar-refractivity contribution in [1.82, 2.24) is 10.2 Å². The highest BCUT2D eigenvalue weighted by Gasteiger charge is 2.25. The van der Waals surface area contributed by atoms with Crippen LogP contribution in [0.1, 0.15) is 57.2 Å². The van der Waals surface area contributed by atoms with Crippen molar-refractivity contribution in [2.75, 3.05) is 19.6 Å². The molecule has 1 fully saturated rings. The fourth-order valence-electron chi connectivity index (χ4n) is 3.29. The molecule has 1 aliphatic rings. The van der Waals surface area contributed by atoms with Crippen LogP contribution in [0.5, 0.6) is 0 Å². The lowest BCUT2D eigenvalue weighted by atomic mass is 9.99. The molecule has 2 heteroatoms. The second-order valence-electron chi connectivity index (χ2n) is 6.01. The third-order valence-corrected chi connectivity index (χ3v) is 4.59. The fraction of sp³-hybridized carbons (Fsp3) is 0.667. The third kappa shape index (κ3) is 3.83. The first-order valence-electron chi connectivity index (χ1n) is 8.31. The molecule has 2 unspecified atom stereocenters. The molecule has 1 aliphatic heterocycles. The molecule has 0 radical (unpaired) electrons. The summed E-state index contributed by atoms with van der Waals surface area (Å²) in [7, 11) is 0. The van der Waals surface area contributed by atoms with Gasteiger partial charge in [-0.05, 0) is 56.8 Å². The summed E-state index contributed by atoms with van der Waals surface area (Å²) < 4.78 is 0. The van der Waals surface area contributed by atoms with E-state index in [0.29, 0.717) is 12.1 Å². The molecule has 0 amide bonds. The highest BCUT2D eigenvalue weighted by molar-refractivity contribution is 5.25. The lowest BCUT2D eigenvalue weighted by Crippen LogP contribution is -2.47. The molecule has 112 valence electrons. The van der Waals surface area contributed by atoms with Crippen molar-refractivity contribution >= 4 is 0 Å². The van der Waals surface area contributed by atoms with Crippen molar-refractivity contribution in [3.63, 3.8) is 0 Å². The topological polar surface area (TPSA) is 15.3 Å². The van der Waals surface area contributed by atoms with E-state index in [0.717, 1.165) is 13.0 Å². The molecule has 20 heavy (non-hydrogen) atoms. The summed E-state index contributed by atoms with van der Waals surface area (Å²) in [5.74, 6) is 0. The smallest absolute Gasteiger partial charge is 0.0323 e. The van der Waals surface area contributed by atoms with Crippen LogP contribution in [0.15, 0.2) is 24.3 Å². The Morgan fingerprint density at radius 1 is 1.25 bits per heavy atom. The Labute approximate surface area is 124 Å². The van der Waals surface area contributed by atoms with E-state index in [4.69, 9.17) is 0 Å². The van der Waals surface area contributed by atoms with E-state index in [-0.39, 0.29) is 0 Å². The minimum absolute atomic E-state index is 0.519. The summed E-state index contributed by atoms with van der Waals surface area (Å²) in [4.78, 5) is 2.70. The molecule has 1 aromatic carbocycles. The van der Waals surface area contributed by atoms with E-state index >= 15 is 0 Å². The average Bonchev–Trinajstić information content (AvgIpc) is 2.53. The molecule has 0 aliphatic carbocycles. The van der Waals surface area contributed by atoms with Gasteiger partial charge in [0.25, 0.3) is 0 Å². The molecule has 1 N–H and O–H groups in total. The number of hydrogen-bond donors (Lipinski definition) is 1. The molecule has 2 rings (SSSR count). The molecular weight excluding hydrogens is 244 g/mol. The van der Waals surface area contributed by atoms with Gasteiger partial charge in [0, 0.05) is 18.6 Å². The molecule has 1 aromatic rings. The fourth-order valence-corrected chi connectivity index (χ4v) is 3.29. The zero-order chi connectivity index (χ0) is 14.4. The third-order valence-electron chi connectivity index (χ3n) is 4.59. The Morgan fingerprint density at radius 3 is 2.55 bits per heavy atom. The number of nitrogens with zero attached hydrogens (tertiary/aromatic N) is 1. The van der Waals surface area contributed by atoms with E-state index in [1.54, 1.807) is 0 Å². The van der Waals surface area contributed by atoms with Crippen LogP contribution in [0, 0.1) is 0 Å². The zero-order valence-electron chi connectivity index (χ0n) is 13.4. The monoisotopic (exact) mass is 274 g/mol. The van der Waals surface area contributed by atoms with E-state index < -0.39 is 0 Å². The van der Waals surface area contributed by atoms with Crippen LogP contribution in [0.3, 0.4) is 0 Å². The second-order valence-corrected chi connectivity index (χ2v) is 6.01. The van der Waals surface area contributed by atoms with Gasteiger partial charge in [0.15, 0.2) is 0 Å². The highest BCUT2D eigenvalue weighted by Crippen LogP contribution is 2.25. The Bertz CT molecular complexity index is 379. The maximum atomic E-state index is 3.56. The van der Waals surface area contributed by atoms with Crippen molar-refractivity contribution in [2.24, 2.45) is 0 Å². The van der Waals surface area contributed by atoms with Gasteiger partial charge in [0.2, 0.25) is 0 Å². The summed E-state index contributed by atoms with van der Waals surface area (Å²) in [6.45, 7) is 10.4. The summed E-state index contributed by atoms with van der Waals surface area (Å²) in [6.07, 6.45) is 5.00. The van der Waals surface area contributed by atoms with Gasteiger partial charge < -0.3 is 5.32 Å². The van der Waals surface area contributed by atoms with Gasteiger partial charge in [-0.15, -0.1) is 0 Å². The SMILES string of the molecule is CCCN(C1CCCNC1)C(C)c1ccc(CC)cc1. The lowest BCUT2D eigenvalue weighted by Gasteiger charge is -2.39. The van der Waals surface area contributed by atoms with Gasteiger partial charge >= 0.3 is 0 Å². The zero-order valence-corrected chi connectivity index (χ0v) is 13.4. The van der Waals surface area contributed by atoms with Crippen molar-refractivity contribution in [3.05, 3.63) is 35.4 Å². The molecule has 2 nitrogen and oxygen atoms in total. The van der Waals surface area contributed by atoms with Crippen molar-refractivity contribution in [3.8, 4) is 0 Å². The van der Waals surface area contributed by atoms with Gasteiger partial charge in [-0.1, -0.05) is 38.1 Å². The maximum Gasteiger partial charge on any atom is 0.0323 e. The van der Waals surface area contributed by atoms with Gasteiger partial charge in [-0.2, -0.15) is 0 Å². The van der Waals surface area contributed by atoms with Crippen LogP contribution in [-0.2, 0) is 6.42 Å². The molecule has 0 bridgehead atoms. The maximum absolute atomic E-state index is 3.56. The summed E-state index contributed by atoms with van der Waals surface area (Å²) in [5, 5.41) is 3.56. The minimum Gasteiger partial charge on any atom is -0.315 e. The molecule has 1 heterocycles. The molecular formula is C18H30N2. The highest BCUT2D eigenvalue weighted by atomic mass is 15.2. The first-order chi connectivity index (χ1) is 9.76. The molecule has 1 saturated heterocycles. The molecule has 0 aromatic heterocycles. The number of rotatable bonds is 6. The predicted molar refractivity (Wildman–Crippen MR) is 87.1 cm³/mol. The van der Waals surface area contributed by atoms with Crippen molar-refractivity contribution < 1.29 is 0 Å². The normalized spacial score (nSPS) is 21.1. The Balaban J connectivity index is 2.09. The van der Waals surface area contributed by atoms with Crippen LogP contribution < -0.4 is 5.32 Å². The van der Waals surface area contributed by atoms with Crippen LogP contribution >= 0.6 is 0 Å². The van der Waals surface area contributed by atoms with E-state index in [2.05, 4.69) is 55.3 Å². The molecule has 0 spiro atoms. The number of hydrogen-bond acceptors (Lipinski definition) is 2. The Morgan fingerprint density at radius 2 is 2.00 bits per heavy atom. The quantitative estimate of drug-likeness (QED) is 0.849. The van der Waals surface area contributed by atoms with Crippen LogP contribution in [-0.4, -0.2) is 30.6 Å². The number of aryl methyl sites for hydroxylation is 1. The number of benzene rings is 1. The van der Waals surface area contributed by atoms with Crippen LogP contribution in [0.25, 0.3) is 0 Å². The lowest BCUT2D eigenvalue weighted by molar-refractivity contribution is 0.120. The second kappa shape index (κ2) is 7.80. The van der Waals surface area contributed by atoms with Gasteiger partial charge in [0.05, 0.1) is 0 Å². The molecule has 0 saturated carbocycles. The largest absolute Gasteiger partial charge is 0.315 e. The molecule has 2 atom stereocenters. The first-order valence-corrected chi connectivity index (χ1v) is 8.31. The standard InChI is InChI=1S/C18H30N2/c1-4-13-20(18-7-6-12-19-14-18)15(3)17-10-8-16(5-2)9-11-17/h8-11,15,18-19H,4-7,12-14H2,1-3H3. The van der Waals surface area contributed by atoms with E-state index in [1.807, 2.05) is 0 Å². The van der Waals surface area contributed by atoms with Crippen LogP contribution in [0.4, 0.5) is 0 Å². The first kappa shape index (κ1) is 15.5. The number of nitrogens with one attached hydrogen (secondary N) is 1. The number of piperidine rings is 1. The average molecular weight is 274 g/mol. The van der Waals surface area contributed by atoms with E-state index in [1.165, 1.54) is 43.5 Å². The van der Waals surface area contributed by atoms with Crippen molar-refractivity contribution in [1.29, 1.82) is 0 Å². The summed E-state index contributed by atoms with van der Waals surface area (Å²) >= 11 is 0. The van der Waals surface area contributed by atoms with E-state index in [9.17, 15) is 0 Å².